The van der Waals surface area contributed by atoms with Crippen molar-refractivity contribution in [1.29, 1.82) is 0 Å². The highest BCUT2D eigenvalue weighted by Gasteiger charge is 2.45. The zero-order valence-corrected chi connectivity index (χ0v) is 16.0. The quantitative estimate of drug-likeness (QED) is 0.211. The van der Waals surface area contributed by atoms with Gasteiger partial charge < -0.3 is 40.1 Å². The Morgan fingerprint density at radius 2 is 1.55 bits per heavy atom. The minimum absolute atomic E-state index is 0.0483. The van der Waals surface area contributed by atoms with Crippen molar-refractivity contribution >= 4 is 11.8 Å². The first-order valence-electron chi connectivity index (χ1n) is 9.45. The number of hydrogen-bond acceptors (Lipinski definition) is 10. The number of aliphatic hydroxyl groups excluding tert-OH is 4. The number of esters is 1. The van der Waals surface area contributed by atoms with Gasteiger partial charge in [0, 0.05) is 0 Å². The third-order valence-electron chi connectivity index (χ3n) is 5.51. The second-order valence-corrected chi connectivity index (χ2v) is 7.47. The summed E-state index contributed by atoms with van der Waals surface area (Å²) in [7, 11) is 0. The summed E-state index contributed by atoms with van der Waals surface area (Å²) in [6, 6.07) is 7.75. The molecule has 0 spiro atoms. The van der Waals surface area contributed by atoms with Crippen LogP contribution < -0.4 is 4.74 Å². The van der Waals surface area contributed by atoms with E-state index in [0.29, 0.717) is 0 Å². The third kappa shape index (κ3) is 3.54. The first-order chi connectivity index (χ1) is 14.7. The van der Waals surface area contributed by atoms with Gasteiger partial charge in [-0.05, 0) is 35.4 Å². The maximum absolute atomic E-state index is 13.0. The molecule has 2 aromatic rings. The molecule has 4 rings (SSSR count). The maximum Gasteiger partial charge on any atom is 0.326 e. The van der Waals surface area contributed by atoms with E-state index in [4.69, 9.17) is 9.47 Å². The molecule has 1 fully saturated rings. The number of benzene rings is 2. The molecule has 10 heteroatoms. The van der Waals surface area contributed by atoms with Crippen LogP contribution in [-0.4, -0.2) is 73.4 Å². The van der Waals surface area contributed by atoms with Crippen LogP contribution in [0.15, 0.2) is 36.4 Å². The topological polar surface area (TPSA) is 174 Å². The van der Waals surface area contributed by atoms with E-state index in [1.165, 1.54) is 30.3 Å². The van der Waals surface area contributed by atoms with Gasteiger partial charge in [0.2, 0.25) is 0 Å². The van der Waals surface area contributed by atoms with Crippen molar-refractivity contribution in [2.24, 2.45) is 0 Å². The monoisotopic (exact) mass is 432 g/mol. The molecular formula is C21H20O10. The van der Waals surface area contributed by atoms with Crippen molar-refractivity contribution in [3.05, 3.63) is 53.1 Å². The minimum Gasteiger partial charge on any atom is -0.508 e. The Morgan fingerprint density at radius 1 is 0.871 bits per heavy atom. The van der Waals surface area contributed by atoms with Crippen molar-refractivity contribution in [3.63, 3.8) is 0 Å². The second-order valence-electron chi connectivity index (χ2n) is 7.47. The lowest BCUT2D eigenvalue weighted by Crippen LogP contribution is -2.55. The van der Waals surface area contributed by atoms with Gasteiger partial charge in [0.15, 0.2) is 5.78 Å². The summed E-state index contributed by atoms with van der Waals surface area (Å²) < 4.78 is 10.7. The number of carbonyl (C=O) groups excluding carboxylic acids is 2. The molecule has 0 amide bonds. The van der Waals surface area contributed by atoms with Crippen LogP contribution >= 0.6 is 0 Å². The van der Waals surface area contributed by atoms with Crippen LogP contribution in [-0.2, 0) is 9.53 Å². The van der Waals surface area contributed by atoms with Gasteiger partial charge in [0.05, 0.1) is 6.61 Å². The number of Topliss-reactive ketones (excluding diaryl/α,β-unsaturated/α-hetero) is 1. The van der Waals surface area contributed by atoms with Gasteiger partial charge in [0.1, 0.15) is 59.2 Å². The van der Waals surface area contributed by atoms with Gasteiger partial charge in [-0.2, -0.15) is 0 Å². The van der Waals surface area contributed by atoms with Crippen molar-refractivity contribution in [2.45, 2.75) is 36.4 Å². The number of phenolic OH excluding ortho intramolecular Hbond substituents is 2. The number of ketones is 1. The number of fused-ring (bicyclic) bond motifs is 1. The van der Waals surface area contributed by atoms with Crippen LogP contribution in [0.25, 0.3) is 0 Å². The molecular weight excluding hydrogens is 412 g/mol. The SMILES string of the molecule is O=C1Oc2cc(C3OC(CO)C(O)C(O)C3O)cc(O)c2C(=O)C1c1ccc(O)cc1. The third-order valence-corrected chi connectivity index (χ3v) is 5.51. The molecule has 0 aliphatic carbocycles. The molecule has 6 N–H and O–H groups in total. The van der Waals surface area contributed by atoms with Crippen molar-refractivity contribution < 1.29 is 49.7 Å². The average molecular weight is 432 g/mol. The predicted octanol–water partition coefficient (Wildman–Crippen LogP) is -0.502. The summed E-state index contributed by atoms with van der Waals surface area (Å²) in [5.41, 5.74) is 0.0960. The zero-order valence-electron chi connectivity index (χ0n) is 16.0. The van der Waals surface area contributed by atoms with Gasteiger partial charge in [-0.3, -0.25) is 9.59 Å². The summed E-state index contributed by atoms with van der Waals surface area (Å²) >= 11 is 0. The fourth-order valence-corrected chi connectivity index (χ4v) is 3.86. The number of aliphatic hydroxyl groups is 4. The van der Waals surface area contributed by atoms with E-state index in [-0.39, 0.29) is 28.2 Å². The zero-order chi connectivity index (χ0) is 22.4. The highest BCUT2D eigenvalue weighted by Crippen LogP contribution is 2.42. The molecule has 6 unspecified atom stereocenters. The smallest absolute Gasteiger partial charge is 0.326 e. The normalized spacial score (nSPS) is 30.6. The molecule has 2 heterocycles. The van der Waals surface area contributed by atoms with Gasteiger partial charge in [-0.25, -0.2) is 0 Å². The van der Waals surface area contributed by atoms with Crippen LogP contribution in [0.3, 0.4) is 0 Å². The number of aromatic hydroxyl groups is 2. The van der Waals surface area contributed by atoms with E-state index in [1.807, 2.05) is 0 Å². The molecule has 10 nitrogen and oxygen atoms in total. The standard InChI is InChI=1S/C21H20O10/c22-7-13-16(25)18(27)19(28)20(30-13)9-5-11(24)15-12(6-9)31-21(29)14(17(15)26)8-1-3-10(23)4-2-8/h1-6,13-14,16,18-20,22-25,27-28H,7H2. The molecule has 2 aromatic carbocycles. The number of ether oxygens (including phenoxy) is 2. The Bertz CT molecular complexity index is 1020. The molecule has 1 saturated heterocycles. The van der Waals surface area contributed by atoms with Gasteiger partial charge in [-0.1, -0.05) is 12.1 Å². The van der Waals surface area contributed by atoms with Crippen LogP contribution in [0, 0.1) is 0 Å². The Labute approximate surface area is 175 Å². The second kappa shape index (κ2) is 7.91. The molecule has 0 radical (unpaired) electrons. The fraction of sp³-hybridized carbons (Fsp3) is 0.333. The Kier molecular flexibility index (Phi) is 5.42. The van der Waals surface area contributed by atoms with E-state index in [9.17, 15) is 40.2 Å². The largest absolute Gasteiger partial charge is 0.508 e. The fourth-order valence-electron chi connectivity index (χ4n) is 3.86. The number of rotatable bonds is 3. The lowest BCUT2D eigenvalue weighted by molar-refractivity contribution is -0.231. The summed E-state index contributed by atoms with van der Waals surface area (Å²) in [6.07, 6.45) is -7.28. The molecule has 6 atom stereocenters. The van der Waals surface area contributed by atoms with Gasteiger partial charge in [0.25, 0.3) is 0 Å². The molecule has 2 aliphatic heterocycles. The van der Waals surface area contributed by atoms with Crippen molar-refractivity contribution in [3.8, 4) is 17.2 Å². The van der Waals surface area contributed by atoms with Crippen LogP contribution in [0.4, 0.5) is 0 Å². The first kappa shape index (κ1) is 21.2. The van der Waals surface area contributed by atoms with E-state index in [2.05, 4.69) is 0 Å². The molecule has 31 heavy (non-hydrogen) atoms. The van der Waals surface area contributed by atoms with Gasteiger partial charge >= 0.3 is 5.97 Å². The number of phenols is 2. The Morgan fingerprint density at radius 3 is 2.19 bits per heavy atom. The summed E-state index contributed by atoms with van der Waals surface area (Å²) in [5.74, 6) is -3.78. The minimum atomic E-state index is -1.64. The molecule has 2 aliphatic rings. The highest BCUT2D eigenvalue weighted by molar-refractivity contribution is 6.18. The van der Waals surface area contributed by atoms with Crippen LogP contribution in [0.1, 0.15) is 33.5 Å². The lowest BCUT2D eigenvalue weighted by Gasteiger charge is -2.40. The van der Waals surface area contributed by atoms with Gasteiger partial charge in [-0.15, -0.1) is 0 Å². The number of carbonyl (C=O) groups is 2. The number of hydrogen-bond donors (Lipinski definition) is 6. The lowest BCUT2D eigenvalue weighted by atomic mass is 9.85. The Hall–Kier alpha value is -3.02. The van der Waals surface area contributed by atoms with Crippen molar-refractivity contribution in [2.75, 3.05) is 6.61 Å². The van der Waals surface area contributed by atoms with E-state index in [1.54, 1.807) is 0 Å². The molecule has 164 valence electrons. The maximum atomic E-state index is 13.0. The highest BCUT2D eigenvalue weighted by atomic mass is 16.5. The molecule has 0 aromatic heterocycles. The predicted molar refractivity (Wildman–Crippen MR) is 102 cm³/mol. The summed E-state index contributed by atoms with van der Waals surface area (Å²) in [5, 5.41) is 59.5. The summed E-state index contributed by atoms with van der Waals surface area (Å²) in [6.45, 7) is -0.639. The first-order valence-corrected chi connectivity index (χ1v) is 9.45. The molecule has 0 saturated carbocycles. The summed E-state index contributed by atoms with van der Waals surface area (Å²) in [4.78, 5) is 25.5. The van der Waals surface area contributed by atoms with E-state index < -0.39 is 60.5 Å². The van der Waals surface area contributed by atoms with E-state index >= 15 is 0 Å². The van der Waals surface area contributed by atoms with Crippen molar-refractivity contribution in [1.82, 2.24) is 0 Å². The average Bonchev–Trinajstić information content (AvgIpc) is 2.73. The van der Waals surface area contributed by atoms with Crippen LogP contribution in [0.5, 0.6) is 17.2 Å². The Balaban J connectivity index is 1.71. The van der Waals surface area contributed by atoms with E-state index in [0.717, 1.165) is 6.07 Å². The van der Waals surface area contributed by atoms with Crippen LogP contribution in [0.2, 0.25) is 0 Å². The molecule has 0 bridgehead atoms.